The first-order chi connectivity index (χ1) is 16.0. The number of rotatable bonds is 5. The van der Waals surface area contributed by atoms with E-state index in [1.54, 1.807) is 0 Å². The lowest BCUT2D eigenvalue weighted by molar-refractivity contribution is 0.553. The van der Waals surface area contributed by atoms with Crippen LogP contribution in [0, 0.1) is 17.5 Å². The van der Waals surface area contributed by atoms with Crippen LogP contribution in [-0.4, -0.2) is 29.5 Å². The number of halogens is 3. The van der Waals surface area contributed by atoms with Crippen LogP contribution < -0.4 is 10.9 Å². The van der Waals surface area contributed by atoms with Crippen molar-refractivity contribution in [2.45, 2.75) is 19.4 Å². The Bertz CT molecular complexity index is 1540. The van der Waals surface area contributed by atoms with Gasteiger partial charge in [0.1, 0.15) is 40.8 Å². The van der Waals surface area contributed by atoms with E-state index in [-0.39, 0.29) is 16.7 Å². The van der Waals surface area contributed by atoms with E-state index in [0.717, 1.165) is 22.8 Å². The maximum Gasteiger partial charge on any atom is 0.266 e. The quantitative estimate of drug-likeness (QED) is 0.418. The van der Waals surface area contributed by atoms with Crippen molar-refractivity contribution in [2.75, 3.05) is 5.32 Å². The van der Waals surface area contributed by atoms with E-state index >= 15 is 0 Å². The second kappa shape index (κ2) is 8.01. The minimum atomic E-state index is -0.956. The van der Waals surface area contributed by atoms with Gasteiger partial charge in [-0.15, -0.1) is 0 Å². The van der Waals surface area contributed by atoms with Crippen LogP contribution in [-0.2, 0) is 0 Å². The molecule has 0 unspecified atom stereocenters. The molecule has 0 aliphatic carbocycles. The van der Waals surface area contributed by atoms with E-state index in [9.17, 15) is 18.0 Å². The molecule has 3 aromatic heterocycles. The van der Waals surface area contributed by atoms with Gasteiger partial charge in [-0.1, -0.05) is 13.0 Å². The molecule has 166 valence electrons. The van der Waals surface area contributed by atoms with E-state index in [1.165, 1.54) is 30.9 Å². The summed E-state index contributed by atoms with van der Waals surface area (Å²) in [6, 6.07) is 6.07. The smallest absolute Gasteiger partial charge is 0.266 e. The normalized spacial score (nSPS) is 12.4. The molecule has 0 amide bonds. The Morgan fingerprint density at radius 1 is 1.09 bits per heavy atom. The van der Waals surface area contributed by atoms with Crippen LogP contribution in [0.3, 0.4) is 0 Å². The third-order valence-electron chi connectivity index (χ3n) is 5.27. The fraction of sp³-hybridized carbons (Fsp3) is 0.136. The molecule has 0 aliphatic heterocycles. The highest BCUT2D eigenvalue weighted by atomic mass is 19.1. The Labute approximate surface area is 184 Å². The molecule has 0 radical (unpaired) electrons. The summed E-state index contributed by atoms with van der Waals surface area (Å²) in [6.07, 6.45) is 3.15. The minimum absolute atomic E-state index is 0.0351. The number of fused-ring (bicyclic) bond motifs is 2. The molecule has 5 aromatic rings. The Hall–Kier alpha value is -4.28. The molecule has 3 heterocycles. The van der Waals surface area contributed by atoms with Gasteiger partial charge < -0.3 is 10.3 Å². The Morgan fingerprint density at radius 3 is 2.64 bits per heavy atom. The van der Waals surface area contributed by atoms with Gasteiger partial charge in [-0.3, -0.25) is 9.36 Å². The molecule has 1 atom stereocenters. The number of para-hydroxylation sites is 1. The lowest BCUT2D eigenvalue weighted by atomic mass is 10.1. The second-order valence-electron chi connectivity index (χ2n) is 7.27. The molecule has 0 fully saturated rings. The maximum absolute atomic E-state index is 14.8. The summed E-state index contributed by atoms with van der Waals surface area (Å²) in [6.45, 7) is 1.81. The minimum Gasteiger partial charge on any atom is -0.358 e. The number of imidazole rings is 1. The first-order valence-electron chi connectivity index (χ1n) is 10.0. The molecule has 2 N–H and O–H groups in total. The van der Waals surface area contributed by atoms with Crippen LogP contribution in [0.1, 0.15) is 25.2 Å². The maximum atomic E-state index is 14.8. The van der Waals surface area contributed by atoms with Crippen molar-refractivity contribution < 1.29 is 13.2 Å². The molecule has 0 aliphatic rings. The van der Waals surface area contributed by atoms with Gasteiger partial charge in [0.05, 0.1) is 23.3 Å². The van der Waals surface area contributed by atoms with Crippen molar-refractivity contribution >= 4 is 27.9 Å². The molecular weight excluding hydrogens is 435 g/mol. The molecule has 0 bridgehead atoms. The second-order valence-corrected chi connectivity index (χ2v) is 7.27. The van der Waals surface area contributed by atoms with Gasteiger partial charge in [-0.2, -0.15) is 0 Å². The lowest BCUT2D eigenvalue weighted by Gasteiger charge is -2.22. The van der Waals surface area contributed by atoms with Crippen LogP contribution in [0.15, 0.2) is 53.8 Å². The first-order valence-corrected chi connectivity index (χ1v) is 10.0. The fourth-order valence-corrected chi connectivity index (χ4v) is 3.71. The van der Waals surface area contributed by atoms with Crippen LogP contribution in [0.5, 0.6) is 0 Å². The van der Waals surface area contributed by atoms with Crippen LogP contribution in [0.4, 0.5) is 19.0 Å². The van der Waals surface area contributed by atoms with Gasteiger partial charge in [0, 0.05) is 0 Å². The Kier molecular flexibility index (Phi) is 5.00. The van der Waals surface area contributed by atoms with E-state index in [0.29, 0.717) is 23.4 Å². The number of hydrogen-bond donors (Lipinski definition) is 2. The lowest BCUT2D eigenvalue weighted by Crippen LogP contribution is -2.29. The van der Waals surface area contributed by atoms with Crippen molar-refractivity contribution in [1.29, 1.82) is 0 Å². The predicted octanol–water partition coefficient (Wildman–Crippen LogP) is 4.03. The van der Waals surface area contributed by atoms with Crippen molar-refractivity contribution in [2.24, 2.45) is 0 Å². The van der Waals surface area contributed by atoms with E-state index in [1.807, 2.05) is 6.92 Å². The summed E-state index contributed by atoms with van der Waals surface area (Å²) in [4.78, 5) is 33.3. The summed E-state index contributed by atoms with van der Waals surface area (Å²) in [7, 11) is 0. The number of aromatic nitrogens is 6. The summed E-state index contributed by atoms with van der Waals surface area (Å²) in [5, 5.41) is 3.05. The van der Waals surface area contributed by atoms with Crippen molar-refractivity contribution in [3.63, 3.8) is 0 Å². The van der Waals surface area contributed by atoms with Gasteiger partial charge in [0.2, 0.25) is 0 Å². The van der Waals surface area contributed by atoms with E-state index in [4.69, 9.17) is 0 Å². The van der Waals surface area contributed by atoms with Gasteiger partial charge in [0.25, 0.3) is 5.56 Å². The number of nitrogens with one attached hydrogen (secondary N) is 2. The number of hydrogen-bond acceptors (Lipinski definition) is 6. The number of H-pyrrole nitrogens is 1. The molecule has 0 saturated heterocycles. The Balaban J connectivity index is 1.78. The molecule has 2 aromatic carbocycles. The third kappa shape index (κ3) is 3.47. The molecule has 33 heavy (non-hydrogen) atoms. The molecule has 0 saturated carbocycles. The third-order valence-corrected chi connectivity index (χ3v) is 5.27. The zero-order valence-electron chi connectivity index (χ0n) is 17.2. The molecule has 11 heteroatoms. The predicted molar refractivity (Wildman–Crippen MR) is 116 cm³/mol. The van der Waals surface area contributed by atoms with E-state index in [2.05, 4.69) is 30.2 Å². The molecular formula is C22H16F3N7O. The summed E-state index contributed by atoms with van der Waals surface area (Å²) < 4.78 is 44.3. The average Bonchev–Trinajstić information content (AvgIpc) is 3.29. The first kappa shape index (κ1) is 20.6. The topological polar surface area (TPSA) is 101 Å². The van der Waals surface area contributed by atoms with Crippen molar-refractivity contribution in [3.05, 3.63) is 82.7 Å². The average molecular weight is 451 g/mol. The zero-order valence-corrected chi connectivity index (χ0v) is 17.2. The number of anilines is 1. The monoisotopic (exact) mass is 451 g/mol. The fourth-order valence-electron chi connectivity index (χ4n) is 3.71. The number of aromatic amines is 1. The number of nitrogens with zero attached hydrogens (tertiary/aromatic N) is 5. The highest BCUT2D eigenvalue weighted by Gasteiger charge is 2.25. The number of benzene rings is 2. The summed E-state index contributed by atoms with van der Waals surface area (Å²) in [5.74, 6) is -2.19. The van der Waals surface area contributed by atoms with E-state index < -0.39 is 34.7 Å². The van der Waals surface area contributed by atoms with Gasteiger partial charge in [0.15, 0.2) is 11.5 Å². The Morgan fingerprint density at radius 2 is 1.88 bits per heavy atom. The van der Waals surface area contributed by atoms with Crippen LogP contribution in [0.2, 0.25) is 0 Å². The van der Waals surface area contributed by atoms with Gasteiger partial charge in [-0.25, -0.2) is 33.1 Å². The van der Waals surface area contributed by atoms with Crippen LogP contribution >= 0.6 is 0 Å². The SMILES string of the molecule is CC[C@@H](Nc1ncnc2[nH]cnc12)c1nc2ccc(F)cc2c(=O)n1-c1c(F)cccc1F. The largest absolute Gasteiger partial charge is 0.358 e. The highest BCUT2D eigenvalue weighted by Crippen LogP contribution is 2.27. The summed E-state index contributed by atoms with van der Waals surface area (Å²) >= 11 is 0. The molecule has 8 nitrogen and oxygen atoms in total. The zero-order chi connectivity index (χ0) is 23.1. The van der Waals surface area contributed by atoms with Crippen LogP contribution in [0.25, 0.3) is 27.8 Å². The highest BCUT2D eigenvalue weighted by molar-refractivity contribution is 5.82. The van der Waals surface area contributed by atoms with Crippen molar-refractivity contribution in [1.82, 2.24) is 29.5 Å². The summed E-state index contributed by atoms with van der Waals surface area (Å²) in [5.41, 5.74) is -0.265. The molecule has 0 spiro atoms. The van der Waals surface area contributed by atoms with Gasteiger partial charge in [-0.05, 0) is 36.8 Å². The standard InChI is InChI=1S/C22H16F3N7O/c1-2-15(30-20-17-19(27-9-26-17)28-10-29-20)21-31-16-7-6-11(23)8-12(16)22(33)32(21)18-13(24)4-3-5-14(18)25/h3-10,15H,2H2,1H3,(H2,26,27,28,29,30)/t15-/m1/s1. The van der Waals surface area contributed by atoms with Gasteiger partial charge >= 0.3 is 0 Å². The van der Waals surface area contributed by atoms with Crippen molar-refractivity contribution in [3.8, 4) is 5.69 Å². The molecule has 5 rings (SSSR count).